The van der Waals surface area contributed by atoms with Crippen LogP contribution in [0.4, 0.5) is 4.39 Å². The molecule has 5 heteroatoms. The predicted octanol–water partition coefficient (Wildman–Crippen LogP) is 1.52. The molecule has 0 unspecified atom stereocenters. The zero-order valence-electron chi connectivity index (χ0n) is 9.98. The van der Waals surface area contributed by atoms with Crippen molar-refractivity contribution in [2.45, 2.75) is 6.92 Å². The summed E-state index contributed by atoms with van der Waals surface area (Å²) >= 11 is 0. The van der Waals surface area contributed by atoms with Crippen molar-refractivity contribution in [1.29, 1.82) is 0 Å². The minimum Gasteiger partial charge on any atom is -0.452 e. The Kier molecular flexibility index (Phi) is 5.57. The van der Waals surface area contributed by atoms with E-state index in [0.717, 1.165) is 0 Å². The molecule has 1 amide bonds. The lowest BCUT2D eigenvalue weighted by Gasteiger charge is -2.01. The third kappa shape index (κ3) is 5.25. The number of hydrogen-bond acceptors (Lipinski definition) is 3. The van der Waals surface area contributed by atoms with Crippen molar-refractivity contribution in [2.75, 3.05) is 13.2 Å². The van der Waals surface area contributed by atoms with Gasteiger partial charge in [0.25, 0.3) is 5.91 Å². The average Bonchev–Trinajstić information content (AvgIpc) is 2.36. The molecular weight excluding hydrogens is 237 g/mol. The van der Waals surface area contributed by atoms with Crippen LogP contribution in [-0.4, -0.2) is 25.0 Å². The zero-order valence-corrected chi connectivity index (χ0v) is 9.98. The van der Waals surface area contributed by atoms with Gasteiger partial charge in [0.2, 0.25) is 0 Å². The van der Waals surface area contributed by atoms with E-state index in [9.17, 15) is 14.0 Å². The van der Waals surface area contributed by atoms with Gasteiger partial charge in [0.15, 0.2) is 6.61 Å². The van der Waals surface area contributed by atoms with Gasteiger partial charge >= 0.3 is 5.97 Å². The molecule has 1 N–H and O–H groups in total. The summed E-state index contributed by atoms with van der Waals surface area (Å²) in [5.41, 5.74) is 0.673. The standard InChI is InChI=1S/C13H14FNO3/c1-2-15-12(16)9-18-13(17)8-5-10-3-6-11(14)7-4-10/h3-8H,2,9H2,1H3,(H,15,16)/b8-5+. The monoisotopic (exact) mass is 251 g/mol. The average molecular weight is 251 g/mol. The van der Waals surface area contributed by atoms with Crippen LogP contribution in [0.1, 0.15) is 12.5 Å². The summed E-state index contributed by atoms with van der Waals surface area (Å²) in [7, 11) is 0. The van der Waals surface area contributed by atoms with Gasteiger partial charge in [-0.3, -0.25) is 4.79 Å². The van der Waals surface area contributed by atoms with E-state index in [4.69, 9.17) is 0 Å². The SMILES string of the molecule is CCNC(=O)COC(=O)/C=C/c1ccc(F)cc1. The van der Waals surface area contributed by atoms with Crippen LogP contribution in [0.25, 0.3) is 6.08 Å². The summed E-state index contributed by atoms with van der Waals surface area (Å²) in [4.78, 5) is 22.2. The number of benzene rings is 1. The molecule has 96 valence electrons. The first-order valence-corrected chi connectivity index (χ1v) is 5.49. The van der Waals surface area contributed by atoms with E-state index in [1.54, 1.807) is 6.92 Å². The van der Waals surface area contributed by atoms with E-state index >= 15 is 0 Å². The normalized spacial score (nSPS) is 10.3. The van der Waals surface area contributed by atoms with Crippen LogP contribution in [0.15, 0.2) is 30.3 Å². The van der Waals surface area contributed by atoms with Gasteiger partial charge in [0.1, 0.15) is 5.82 Å². The Morgan fingerprint density at radius 3 is 2.61 bits per heavy atom. The quantitative estimate of drug-likeness (QED) is 0.637. The number of carbonyl (C=O) groups is 2. The first-order valence-electron chi connectivity index (χ1n) is 5.49. The summed E-state index contributed by atoms with van der Waals surface area (Å²) < 4.78 is 17.3. The number of ether oxygens (including phenoxy) is 1. The molecule has 0 atom stereocenters. The summed E-state index contributed by atoms with van der Waals surface area (Å²) in [6.07, 6.45) is 2.67. The molecule has 1 rings (SSSR count). The molecule has 1 aromatic carbocycles. The lowest BCUT2D eigenvalue weighted by atomic mass is 10.2. The lowest BCUT2D eigenvalue weighted by molar-refractivity contribution is -0.143. The van der Waals surface area contributed by atoms with Gasteiger partial charge in [0, 0.05) is 12.6 Å². The van der Waals surface area contributed by atoms with Gasteiger partial charge in [-0.05, 0) is 30.7 Å². The van der Waals surface area contributed by atoms with E-state index in [2.05, 4.69) is 10.1 Å². The van der Waals surface area contributed by atoms with E-state index in [1.807, 2.05) is 0 Å². The zero-order chi connectivity index (χ0) is 13.4. The molecule has 0 saturated carbocycles. The Bertz CT molecular complexity index is 440. The molecule has 0 spiro atoms. The van der Waals surface area contributed by atoms with Gasteiger partial charge in [0.05, 0.1) is 0 Å². The van der Waals surface area contributed by atoms with E-state index in [0.29, 0.717) is 12.1 Å². The van der Waals surface area contributed by atoms with E-state index in [1.165, 1.54) is 36.4 Å². The molecule has 0 aliphatic rings. The third-order valence-electron chi connectivity index (χ3n) is 2.00. The molecule has 0 saturated heterocycles. The van der Waals surface area contributed by atoms with Crippen molar-refractivity contribution < 1.29 is 18.7 Å². The van der Waals surface area contributed by atoms with Crippen LogP contribution < -0.4 is 5.32 Å². The number of likely N-dealkylation sites (N-methyl/N-ethyl adjacent to an activating group) is 1. The highest BCUT2D eigenvalue weighted by Crippen LogP contribution is 2.04. The Balaban J connectivity index is 2.40. The second kappa shape index (κ2) is 7.21. The third-order valence-corrected chi connectivity index (χ3v) is 2.00. The fourth-order valence-electron chi connectivity index (χ4n) is 1.17. The maximum Gasteiger partial charge on any atom is 0.331 e. The van der Waals surface area contributed by atoms with Gasteiger partial charge in [-0.1, -0.05) is 12.1 Å². The van der Waals surface area contributed by atoms with E-state index < -0.39 is 5.97 Å². The Hall–Kier alpha value is -2.17. The molecule has 0 aliphatic carbocycles. The Morgan fingerprint density at radius 2 is 2.00 bits per heavy atom. The molecule has 0 fully saturated rings. The van der Waals surface area contributed by atoms with Gasteiger partial charge in [-0.15, -0.1) is 0 Å². The fourth-order valence-corrected chi connectivity index (χ4v) is 1.17. The molecule has 1 aromatic rings. The van der Waals surface area contributed by atoms with Crippen molar-refractivity contribution in [3.63, 3.8) is 0 Å². The van der Waals surface area contributed by atoms with Crippen LogP contribution in [-0.2, 0) is 14.3 Å². The highest BCUT2D eigenvalue weighted by molar-refractivity contribution is 5.89. The summed E-state index contributed by atoms with van der Waals surface area (Å²) in [5.74, 6) is -1.31. The second-order valence-corrected chi connectivity index (χ2v) is 3.45. The van der Waals surface area contributed by atoms with Gasteiger partial charge in [-0.2, -0.15) is 0 Å². The highest BCUT2D eigenvalue weighted by Gasteiger charge is 2.02. The maximum absolute atomic E-state index is 12.6. The Morgan fingerprint density at radius 1 is 1.33 bits per heavy atom. The summed E-state index contributed by atoms with van der Waals surface area (Å²) in [6.45, 7) is 1.95. The lowest BCUT2D eigenvalue weighted by Crippen LogP contribution is -2.28. The predicted molar refractivity (Wildman–Crippen MR) is 65.1 cm³/mol. The fraction of sp³-hybridized carbons (Fsp3) is 0.231. The largest absolute Gasteiger partial charge is 0.452 e. The number of carbonyl (C=O) groups excluding carboxylic acids is 2. The number of halogens is 1. The highest BCUT2D eigenvalue weighted by atomic mass is 19.1. The first-order chi connectivity index (χ1) is 8.61. The molecule has 4 nitrogen and oxygen atoms in total. The molecule has 0 aromatic heterocycles. The molecule has 0 heterocycles. The van der Waals surface area contributed by atoms with E-state index in [-0.39, 0.29) is 18.3 Å². The number of hydrogen-bond donors (Lipinski definition) is 1. The molecular formula is C13H14FNO3. The molecule has 0 radical (unpaired) electrons. The molecule has 18 heavy (non-hydrogen) atoms. The van der Waals surface area contributed by atoms with Gasteiger partial charge < -0.3 is 10.1 Å². The second-order valence-electron chi connectivity index (χ2n) is 3.45. The van der Waals surface area contributed by atoms with Gasteiger partial charge in [-0.25, -0.2) is 9.18 Å². The van der Waals surface area contributed by atoms with Crippen molar-refractivity contribution in [2.24, 2.45) is 0 Å². The number of nitrogens with one attached hydrogen (secondary N) is 1. The van der Waals surface area contributed by atoms with Crippen LogP contribution in [0, 0.1) is 5.82 Å². The van der Waals surface area contributed by atoms with Crippen molar-refractivity contribution >= 4 is 18.0 Å². The Labute approximate surface area is 104 Å². The smallest absolute Gasteiger partial charge is 0.331 e. The number of amides is 1. The first kappa shape index (κ1) is 13.9. The van der Waals surface area contributed by atoms with Crippen molar-refractivity contribution in [1.82, 2.24) is 5.32 Å². The van der Waals surface area contributed by atoms with Crippen LogP contribution in [0.5, 0.6) is 0 Å². The number of esters is 1. The van der Waals surface area contributed by atoms with Crippen LogP contribution >= 0.6 is 0 Å². The molecule has 0 aliphatic heterocycles. The summed E-state index contributed by atoms with van der Waals surface area (Å²) in [6, 6.07) is 5.64. The number of rotatable bonds is 5. The topological polar surface area (TPSA) is 55.4 Å². The van der Waals surface area contributed by atoms with Crippen LogP contribution in [0.3, 0.4) is 0 Å². The maximum atomic E-state index is 12.6. The van der Waals surface area contributed by atoms with Crippen molar-refractivity contribution in [3.8, 4) is 0 Å². The summed E-state index contributed by atoms with van der Waals surface area (Å²) in [5, 5.41) is 2.50. The minimum atomic E-state index is -0.620. The molecule has 0 bridgehead atoms. The van der Waals surface area contributed by atoms with Crippen LogP contribution in [0.2, 0.25) is 0 Å². The minimum absolute atomic E-state index is 0.305. The van der Waals surface area contributed by atoms with Crippen molar-refractivity contribution in [3.05, 3.63) is 41.7 Å².